The highest BCUT2D eigenvalue weighted by molar-refractivity contribution is 5.72. The van der Waals surface area contributed by atoms with Crippen LogP contribution < -0.4 is 0 Å². The summed E-state index contributed by atoms with van der Waals surface area (Å²) >= 11 is 0. The van der Waals surface area contributed by atoms with Gasteiger partial charge in [0, 0.05) is 19.3 Å². The van der Waals surface area contributed by atoms with Crippen LogP contribution in [0.3, 0.4) is 0 Å². The molecule has 58 heavy (non-hydrogen) atoms. The maximum atomic E-state index is 12.7. The molecule has 0 saturated heterocycles. The Bertz CT molecular complexity index is 1130. The van der Waals surface area contributed by atoms with E-state index in [2.05, 4.69) is 74.6 Å². The first-order valence-corrected chi connectivity index (χ1v) is 23.3. The van der Waals surface area contributed by atoms with Crippen LogP contribution in [0.2, 0.25) is 0 Å². The number of allylic oxidation sites excluding steroid dienone is 10. The van der Waals surface area contributed by atoms with E-state index >= 15 is 0 Å². The van der Waals surface area contributed by atoms with Gasteiger partial charge < -0.3 is 23.8 Å². The van der Waals surface area contributed by atoms with E-state index in [1.807, 2.05) is 21.1 Å². The number of quaternary nitrogens is 1. The Morgan fingerprint density at radius 1 is 0.534 bits per heavy atom. The molecular formula is C50H88NO7+. The van der Waals surface area contributed by atoms with Crippen LogP contribution in [-0.4, -0.2) is 80.6 Å². The van der Waals surface area contributed by atoms with E-state index in [0.717, 1.165) is 83.5 Å². The van der Waals surface area contributed by atoms with Crippen LogP contribution in [0.25, 0.3) is 0 Å². The highest BCUT2D eigenvalue weighted by atomic mass is 16.6. The van der Waals surface area contributed by atoms with Crippen molar-refractivity contribution in [3.05, 3.63) is 60.8 Å². The minimum absolute atomic E-state index is 0.0526. The lowest BCUT2D eigenvalue weighted by molar-refractivity contribution is -0.887. The first-order chi connectivity index (χ1) is 28.1. The number of nitrogens with zero attached hydrogens (tertiary/aromatic N) is 1. The van der Waals surface area contributed by atoms with E-state index < -0.39 is 18.1 Å². The second-order valence-corrected chi connectivity index (χ2v) is 16.6. The van der Waals surface area contributed by atoms with Gasteiger partial charge in [0.15, 0.2) is 12.1 Å². The average Bonchev–Trinajstić information content (AvgIpc) is 3.18. The van der Waals surface area contributed by atoms with Crippen LogP contribution in [0.4, 0.5) is 0 Å². The van der Waals surface area contributed by atoms with Gasteiger partial charge in [-0.3, -0.25) is 9.59 Å². The maximum Gasteiger partial charge on any atom is 0.362 e. The Kier molecular flexibility index (Phi) is 38.7. The Hall–Kier alpha value is -2.97. The lowest BCUT2D eigenvalue weighted by Crippen LogP contribution is -2.50. The molecule has 0 aromatic heterocycles. The fourth-order valence-electron chi connectivity index (χ4n) is 6.59. The van der Waals surface area contributed by atoms with Gasteiger partial charge in [-0.1, -0.05) is 171 Å². The van der Waals surface area contributed by atoms with E-state index in [1.54, 1.807) is 0 Å². The van der Waals surface area contributed by atoms with Crippen molar-refractivity contribution < 1.29 is 38.2 Å². The zero-order chi connectivity index (χ0) is 42.8. The van der Waals surface area contributed by atoms with E-state index in [4.69, 9.17) is 14.2 Å². The largest absolute Gasteiger partial charge is 0.477 e. The Balaban J connectivity index is 4.35. The molecule has 0 saturated carbocycles. The molecule has 334 valence electrons. The molecule has 0 spiro atoms. The Labute approximate surface area is 356 Å². The molecule has 0 rings (SSSR count). The van der Waals surface area contributed by atoms with Gasteiger partial charge in [-0.15, -0.1) is 0 Å². The zero-order valence-electron chi connectivity index (χ0n) is 38.0. The lowest BCUT2D eigenvalue weighted by Gasteiger charge is -2.31. The standard InChI is InChI=1S/C50H87NO7/c1-6-8-10-12-14-16-18-20-22-23-24-25-26-27-29-30-32-34-36-38-40-48(52)57-45-46(44-56-43-42-47(50(54)55)51(3,4)5)58-49(53)41-39-37-35-33-31-28-21-19-17-15-13-11-9-7-2/h8,10,14,16,20,22,24-25,27,29,46-47H,6-7,9,11-13,15,17-19,21,23,26,28,30-45H2,1-5H3/p+1/b10-8+,16-14+,22-20+,25-24+,29-27+. The van der Waals surface area contributed by atoms with Crippen LogP contribution in [-0.2, 0) is 28.6 Å². The van der Waals surface area contributed by atoms with Gasteiger partial charge in [-0.05, 0) is 57.8 Å². The smallest absolute Gasteiger partial charge is 0.362 e. The number of ether oxygens (including phenoxy) is 3. The summed E-state index contributed by atoms with van der Waals surface area (Å²) in [6, 6.07) is -0.619. The number of carboxylic acids is 1. The molecule has 0 fully saturated rings. The predicted octanol–water partition coefficient (Wildman–Crippen LogP) is 13.0. The van der Waals surface area contributed by atoms with Crippen LogP contribution in [0.5, 0.6) is 0 Å². The summed E-state index contributed by atoms with van der Waals surface area (Å²) < 4.78 is 17.3. The maximum absolute atomic E-state index is 12.7. The van der Waals surface area contributed by atoms with Crippen LogP contribution >= 0.6 is 0 Å². The fraction of sp³-hybridized carbons (Fsp3) is 0.740. The van der Waals surface area contributed by atoms with Gasteiger partial charge in [0.1, 0.15) is 6.61 Å². The Morgan fingerprint density at radius 2 is 0.966 bits per heavy atom. The molecule has 2 unspecified atom stereocenters. The fourth-order valence-corrected chi connectivity index (χ4v) is 6.59. The minimum atomic E-state index is -0.879. The average molecular weight is 815 g/mol. The molecule has 0 amide bonds. The van der Waals surface area contributed by atoms with E-state index in [1.165, 1.54) is 70.6 Å². The normalized spacial score (nSPS) is 13.5. The molecule has 8 heteroatoms. The number of carbonyl (C=O) groups is 3. The zero-order valence-corrected chi connectivity index (χ0v) is 38.0. The van der Waals surface area contributed by atoms with Crippen molar-refractivity contribution >= 4 is 17.9 Å². The summed E-state index contributed by atoms with van der Waals surface area (Å²) in [6.45, 7) is 4.60. The van der Waals surface area contributed by atoms with Gasteiger partial charge in [0.05, 0.1) is 34.4 Å². The molecule has 0 aliphatic heterocycles. The molecular weight excluding hydrogens is 727 g/mol. The van der Waals surface area contributed by atoms with Gasteiger partial charge in [0.2, 0.25) is 0 Å². The molecule has 0 aliphatic carbocycles. The lowest BCUT2D eigenvalue weighted by atomic mass is 10.0. The molecule has 0 heterocycles. The topological polar surface area (TPSA) is 99.1 Å². The Morgan fingerprint density at radius 3 is 1.43 bits per heavy atom. The first-order valence-electron chi connectivity index (χ1n) is 23.3. The van der Waals surface area contributed by atoms with Crippen LogP contribution in [0.1, 0.15) is 187 Å². The summed E-state index contributed by atoms with van der Waals surface area (Å²) in [5.41, 5.74) is 0. The van der Waals surface area contributed by atoms with Gasteiger partial charge in [0.25, 0.3) is 0 Å². The van der Waals surface area contributed by atoms with Crippen LogP contribution in [0.15, 0.2) is 60.8 Å². The quantitative estimate of drug-likeness (QED) is 0.0284. The van der Waals surface area contributed by atoms with Crippen molar-refractivity contribution in [1.82, 2.24) is 0 Å². The number of likely N-dealkylation sites (N-methyl/N-ethyl adjacent to an activating group) is 1. The first kappa shape index (κ1) is 55.0. The third-order valence-corrected chi connectivity index (χ3v) is 10.2. The van der Waals surface area contributed by atoms with Gasteiger partial charge in [-0.2, -0.15) is 0 Å². The molecule has 0 radical (unpaired) electrons. The number of hydrogen-bond acceptors (Lipinski definition) is 6. The second kappa shape index (κ2) is 40.8. The highest BCUT2D eigenvalue weighted by Crippen LogP contribution is 2.15. The summed E-state index contributed by atoms with van der Waals surface area (Å²) in [7, 11) is 5.52. The van der Waals surface area contributed by atoms with Crippen molar-refractivity contribution in [2.75, 3.05) is 41.0 Å². The third kappa shape index (κ3) is 38.5. The number of rotatable bonds is 41. The molecule has 1 N–H and O–H groups in total. The van der Waals surface area contributed by atoms with Crippen molar-refractivity contribution in [2.24, 2.45) is 0 Å². The van der Waals surface area contributed by atoms with E-state index in [0.29, 0.717) is 19.3 Å². The molecule has 8 nitrogen and oxygen atoms in total. The number of carbonyl (C=O) groups excluding carboxylic acids is 2. The van der Waals surface area contributed by atoms with Crippen molar-refractivity contribution in [3.63, 3.8) is 0 Å². The number of aliphatic carboxylic acids is 1. The summed E-state index contributed by atoms with van der Waals surface area (Å²) in [5.74, 6) is -1.50. The van der Waals surface area contributed by atoms with Crippen LogP contribution in [0, 0.1) is 0 Å². The molecule has 0 aromatic rings. The number of esters is 2. The minimum Gasteiger partial charge on any atom is -0.477 e. The third-order valence-electron chi connectivity index (χ3n) is 10.2. The van der Waals surface area contributed by atoms with Gasteiger partial charge in [-0.25, -0.2) is 4.79 Å². The van der Waals surface area contributed by atoms with E-state index in [9.17, 15) is 19.5 Å². The molecule has 0 aliphatic rings. The van der Waals surface area contributed by atoms with E-state index in [-0.39, 0.29) is 36.2 Å². The molecule has 0 aromatic carbocycles. The SMILES string of the molecule is CC/C=C/C/C=C/C/C=C/C/C=C/C/C=C/CCCCCCC(=O)OCC(COCCC(C(=O)O)[N+](C)(C)C)OC(=O)CCCCCCCCCCCCCCCC. The van der Waals surface area contributed by atoms with Crippen molar-refractivity contribution in [1.29, 1.82) is 0 Å². The van der Waals surface area contributed by atoms with Crippen molar-refractivity contribution in [2.45, 2.75) is 199 Å². The highest BCUT2D eigenvalue weighted by Gasteiger charge is 2.31. The summed E-state index contributed by atoms with van der Waals surface area (Å²) in [4.78, 5) is 37.0. The second-order valence-electron chi connectivity index (χ2n) is 16.6. The molecule has 0 bridgehead atoms. The summed E-state index contributed by atoms with van der Waals surface area (Å²) in [6.07, 6.45) is 49.7. The molecule has 2 atom stereocenters. The van der Waals surface area contributed by atoms with Gasteiger partial charge >= 0.3 is 17.9 Å². The number of unbranched alkanes of at least 4 members (excludes halogenated alkanes) is 17. The predicted molar refractivity (Wildman–Crippen MR) is 243 cm³/mol. The monoisotopic (exact) mass is 815 g/mol. The summed E-state index contributed by atoms with van der Waals surface area (Å²) in [5, 5.41) is 9.63. The van der Waals surface area contributed by atoms with Crippen molar-refractivity contribution in [3.8, 4) is 0 Å². The number of hydrogen-bond donors (Lipinski definition) is 1. The number of carboxylic acid groups (broad SMARTS) is 1.